The molecule has 0 aromatic heterocycles. The molecule has 1 aromatic rings. The molecule has 0 aliphatic heterocycles. The summed E-state index contributed by atoms with van der Waals surface area (Å²) in [7, 11) is 0. The summed E-state index contributed by atoms with van der Waals surface area (Å²) in [4.78, 5) is 0. The van der Waals surface area contributed by atoms with Crippen LogP contribution in [0.5, 0.6) is 0 Å². The van der Waals surface area contributed by atoms with Crippen molar-refractivity contribution in [3.05, 3.63) is 34.4 Å². The van der Waals surface area contributed by atoms with Crippen LogP contribution in [-0.2, 0) is 12.8 Å². The van der Waals surface area contributed by atoms with Crippen molar-refractivity contribution in [2.24, 2.45) is 0 Å². The second-order valence-electron chi connectivity index (χ2n) is 6.58. The van der Waals surface area contributed by atoms with E-state index in [4.69, 9.17) is 12.8 Å². The van der Waals surface area contributed by atoms with Crippen molar-refractivity contribution in [3.8, 4) is 48.4 Å². The van der Waals surface area contributed by atoms with Crippen LogP contribution in [0.2, 0.25) is 0 Å². The SMILES string of the molecule is C#CC#Cc1cc(CCCCCC)c(C#CC#C)cc1CCCCCC. The van der Waals surface area contributed by atoms with Crippen LogP contribution in [0.1, 0.15) is 87.5 Å². The van der Waals surface area contributed by atoms with E-state index < -0.39 is 0 Å². The van der Waals surface area contributed by atoms with Gasteiger partial charge in [-0.3, -0.25) is 0 Å². The molecule has 0 heterocycles. The lowest BCUT2D eigenvalue weighted by molar-refractivity contribution is 0.662. The molecule has 0 amide bonds. The summed E-state index contributed by atoms with van der Waals surface area (Å²) < 4.78 is 0. The number of hydrogen-bond donors (Lipinski definition) is 0. The Labute approximate surface area is 161 Å². The Morgan fingerprint density at radius 1 is 0.654 bits per heavy atom. The Balaban J connectivity index is 3.14. The summed E-state index contributed by atoms with van der Waals surface area (Å²) in [5.74, 6) is 16.7. The molecule has 0 saturated heterocycles. The van der Waals surface area contributed by atoms with Gasteiger partial charge in [0.15, 0.2) is 0 Å². The minimum Gasteiger partial charge on any atom is -0.106 e. The molecule has 0 unspecified atom stereocenters. The normalized spacial score (nSPS) is 9.23. The fourth-order valence-corrected chi connectivity index (χ4v) is 3.03. The number of unbranched alkanes of at least 4 members (excludes halogenated alkanes) is 6. The molecule has 0 heteroatoms. The van der Waals surface area contributed by atoms with E-state index in [2.05, 4.69) is 61.5 Å². The molecule has 0 atom stereocenters. The zero-order valence-electron chi connectivity index (χ0n) is 16.4. The van der Waals surface area contributed by atoms with E-state index in [1.807, 2.05) is 0 Å². The van der Waals surface area contributed by atoms with Crippen LogP contribution in [0.3, 0.4) is 0 Å². The highest BCUT2D eigenvalue weighted by Gasteiger charge is 2.08. The Kier molecular flexibility index (Phi) is 11.3. The first-order valence-corrected chi connectivity index (χ1v) is 9.85. The maximum absolute atomic E-state index is 5.35. The van der Waals surface area contributed by atoms with Gasteiger partial charge in [-0.15, -0.1) is 12.8 Å². The maximum Gasteiger partial charge on any atom is 0.0291 e. The van der Waals surface area contributed by atoms with Crippen molar-refractivity contribution in [2.45, 2.75) is 78.1 Å². The van der Waals surface area contributed by atoms with Crippen molar-refractivity contribution in [1.82, 2.24) is 0 Å². The predicted molar refractivity (Wildman–Crippen MR) is 114 cm³/mol. The minimum absolute atomic E-state index is 1.01. The monoisotopic (exact) mass is 342 g/mol. The highest BCUT2D eigenvalue weighted by atomic mass is 14.1. The Bertz CT molecular complexity index is 689. The van der Waals surface area contributed by atoms with Crippen LogP contribution in [0.15, 0.2) is 12.1 Å². The average molecular weight is 343 g/mol. The first kappa shape index (κ1) is 21.5. The zero-order valence-corrected chi connectivity index (χ0v) is 16.4. The van der Waals surface area contributed by atoms with Crippen LogP contribution in [0.4, 0.5) is 0 Å². The number of rotatable bonds is 10. The van der Waals surface area contributed by atoms with Gasteiger partial charge in [-0.2, -0.15) is 0 Å². The Hall–Kier alpha value is -2.54. The topological polar surface area (TPSA) is 0 Å². The van der Waals surface area contributed by atoms with Crippen molar-refractivity contribution in [2.75, 3.05) is 0 Å². The molecule has 0 bridgehead atoms. The molecular weight excluding hydrogens is 312 g/mol. The molecular formula is C26H30. The molecule has 0 spiro atoms. The molecule has 1 rings (SSSR count). The van der Waals surface area contributed by atoms with Crippen molar-refractivity contribution >= 4 is 0 Å². The molecule has 1 aromatic carbocycles. The van der Waals surface area contributed by atoms with E-state index in [0.717, 1.165) is 36.8 Å². The second-order valence-corrected chi connectivity index (χ2v) is 6.58. The second kappa shape index (κ2) is 13.7. The van der Waals surface area contributed by atoms with Crippen molar-refractivity contribution < 1.29 is 0 Å². The highest BCUT2D eigenvalue weighted by Crippen LogP contribution is 2.21. The van der Waals surface area contributed by atoms with E-state index in [9.17, 15) is 0 Å². The van der Waals surface area contributed by atoms with Gasteiger partial charge in [0.25, 0.3) is 0 Å². The molecule has 26 heavy (non-hydrogen) atoms. The third kappa shape index (κ3) is 8.02. The van der Waals surface area contributed by atoms with Crippen LogP contribution in [0.25, 0.3) is 0 Å². The van der Waals surface area contributed by atoms with Gasteiger partial charge in [0, 0.05) is 11.1 Å². The summed E-state index contributed by atoms with van der Waals surface area (Å²) in [5.41, 5.74) is 4.58. The molecule has 0 fully saturated rings. The molecule has 0 radical (unpaired) electrons. The number of benzene rings is 1. The molecule has 134 valence electrons. The third-order valence-electron chi connectivity index (χ3n) is 4.47. The summed E-state index contributed by atoms with van der Waals surface area (Å²) in [6.45, 7) is 4.45. The first-order chi connectivity index (χ1) is 12.8. The van der Waals surface area contributed by atoms with Gasteiger partial charge in [-0.05, 0) is 72.6 Å². The third-order valence-corrected chi connectivity index (χ3v) is 4.47. The van der Waals surface area contributed by atoms with E-state index in [1.165, 1.54) is 49.7 Å². The molecule has 0 N–H and O–H groups in total. The first-order valence-electron chi connectivity index (χ1n) is 9.85. The summed E-state index contributed by atoms with van der Waals surface area (Å²) in [5, 5.41) is 0. The van der Waals surface area contributed by atoms with Crippen LogP contribution in [0, 0.1) is 48.4 Å². The minimum atomic E-state index is 1.01. The van der Waals surface area contributed by atoms with Gasteiger partial charge < -0.3 is 0 Å². The fourth-order valence-electron chi connectivity index (χ4n) is 3.03. The quantitative estimate of drug-likeness (QED) is 0.367. The fraction of sp³-hybridized carbons (Fsp3) is 0.462. The lowest BCUT2D eigenvalue weighted by Crippen LogP contribution is -1.99. The maximum atomic E-state index is 5.35. The van der Waals surface area contributed by atoms with Gasteiger partial charge in [0.2, 0.25) is 0 Å². The van der Waals surface area contributed by atoms with E-state index in [0.29, 0.717) is 0 Å². The van der Waals surface area contributed by atoms with E-state index in [-0.39, 0.29) is 0 Å². The van der Waals surface area contributed by atoms with Gasteiger partial charge in [-0.25, -0.2) is 0 Å². The molecule has 0 aliphatic rings. The zero-order chi connectivity index (χ0) is 19.0. The highest BCUT2D eigenvalue weighted by molar-refractivity contribution is 5.54. The Morgan fingerprint density at radius 2 is 1.08 bits per heavy atom. The van der Waals surface area contributed by atoms with Gasteiger partial charge in [0.05, 0.1) is 0 Å². The molecule has 0 saturated carbocycles. The smallest absolute Gasteiger partial charge is 0.0291 e. The van der Waals surface area contributed by atoms with Crippen molar-refractivity contribution in [3.63, 3.8) is 0 Å². The Morgan fingerprint density at radius 3 is 1.42 bits per heavy atom. The van der Waals surface area contributed by atoms with E-state index >= 15 is 0 Å². The lowest BCUT2D eigenvalue weighted by atomic mass is 9.92. The summed E-state index contributed by atoms with van der Waals surface area (Å²) in [6, 6.07) is 4.37. The standard InChI is InChI=1S/C26H30/c1-5-9-13-15-19-25-21-24(18-12-8-4)26(20-16-14-10-6-2)22-23(25)17-11-7-3/h3-4,21-22H,5-6,9-10,13-16,19-20H2,1-2H3. The number of aryl methyl sites for hydroxylation is 2. The predicted octanol–water partition coefficient (Wildman–Crippen LogP) is 5.90. The van der Waals surface area contributed by atoms with Gasteiger partial charge in [0.1, 0.15) is 0 Å². The number of hydrogen-bond acceptors (Lipinski definition) is 0. The summed E-state index contributed by atoms with van der Waals surface area (Å²) in [6.07, 6.45) is 22.5. The van der Waals surface area contributed by atoms with Crippen LogP contribution >= 0.6 is 0 Å². The van der Waals surface area contributed by atoms with Crippen molar-refractivity contribution in [1.29, 1.82) is 0 Å². The lowest BCUT2D eigenvalue weighted by Gasteiger charge is -2.11. The van der Waals surface area contributed by atoms with E-state index in [1.54, 1.807) is 0 Å². The van der Waals surface area contributed by atoms with Crippen LogP contribution in [-0.4, -0.2) is 0 Å². The number of terminal acetylenes is 2. The average Bonchev–Trinajstić information content (AvgIpc) is 2.66. The van der Waals surface area contributed by atoms with Gasteiger partial charge in [-0.1, -0.05) is 64.2 Å². The molecule has 0 aliphatic carbocycles. The molecule has 0 nitrogen and oxygen atoms in total. The van der Waals surface area contributed by atoms with Crippen LogP contribution < -0.4 is 0 Å². The summed E-state index contributed by atoms with van der Waals surface area (Å²) >= 11 is 0. The van der Waals surface area contributed by atoms with Gasteiger partial charge >= 0.3 is 0 Å². The largest absolute Gasteiger partial charge is 0.106 e.